The molecule has 0 unspecified atom stereocenters. The fourth-order valence-electron chi connectivity index (χ4n) is 2.60. The Bertz CT molecular complexity index is 430. The average Bonchev–Trinajstić information content (AvgIpc) is 2.90. The van der Waals surface area contributed by atoms with Crippen molar-refractivity contribution in [3.05, 3.63) is 21.9 Å². The van der Waals surface area contributed by atoms with Gasteiger partial charge in [-0.2, -0.15) is 0 Å². The van der Waals surface area contributed by atoms with Crippen molar-refractivity contribution in [3.8, 4) is 0 Å². The zero-order valence-corrected chi connectivity index (χ0v) is 13.2. The van der Waals surface area contributed by atoms with Gasteiger partial charge in [0.1, 0.15) is 0 Å². The van der Waals surface area contributed by atoms with Crippen LogP contribution in [0.4, 0.5) is 0 Å². The van der Waals surface area contributed by atoms with Gasteiger partial charge in [-0.1, -0.05) is 27.2 Å². The third kappa shape index (κ3) is 3.67. The fraction of sp³-hybridized carbons (Fsp3) is 0.688. The molecule has 2 rings (SSSR count). The number of carbonyl (C=O) groups is 1. The summed E-state index contributed by atoms with van der Waals surface area (Å²) in [5, 5.41) is 0. The number of likely N-dealkylation sites (tertiary alicyclic amines) is 1. The molecule has 0 aliphatic carbocycles. The van der Waals surface area contributed by atoms with Crippen LogP contribution in [0.2, 0.25) is 0 Å². The van der Waals surface area contributed by atoms with Gasteiger partial charge in [0.05, 0.1) is 11.4 Å². The number of thiophene rings is 1. The second-order valence-electron chi connectivity index (χ2n) is 5.98. The predicted molar refractivity (Wildman–Crippen MR) is 82.1 cm³/mol. The molecule has 1 aromatic heterocycles. The fourth-order valence-corrected chi connectivity index (χ4v) is 3.48. The summed E-state index contributed by atoms with van der Waals surface area (Å²) in [6.45, 7) is 9.53. The summed E-state index contributed by atoms with van der Waals surface area (Å²) in [5.41, 5.74) is 0.498. The summed E-state index contributed by atoms with van der Waals surface area (Å²) in [5.74, 6) is 0.296. The van der Waals surface area contributed by atoms with E-state index in [1.54, 1.807) is 11.3 Å². The van der Waals surface area contributed by atoms with Crippen molar-refractivity contribution < 1.29 is 4.79 Å². The van der Waals surface area contributed by atoms with Crippen LogP contribution in [0.3, 0.4) is 0 Å². The zero-order chi connectivity index (χ0) is 13.9. The lowest BCUT2D eigenvalue weighted by Crippen LogP contribution is -2.40. The molecule has 0 spiro atoms. The number of aryl methyl sites for hydroxylation is 1. The van der Waals surface area contributed by atoms with E-state index >= 15 is 0 Å². The van der Waals surface area contributed by atoms with Gasteiger partial charge in [0, 0.05) is 4.88 Å². The van der Waals surface area contributed by atoms with Crippen LogP contribution in [-0.2, 0) is 6.42 Å². The molecule has 19 heavy (non-hydrogen) atoms. The van der Waals surface area contributed by atoms with Crippen LogP contribution in [0.25, 0.3) is 0 Å². The van der Waals surface area contributed by atoms with Crippen LogP contribution < -0.4 is 0 Å². The number of Topliss-reactive ketones (excluding diaryl/α,β-unsaturated/α-hetero) is 1. The van der Waals surface area contributed by atoms with Crippen LogP contribution in [0.15, 0.2) is 12.1 Å². The van der Waals surface area contributed by atoms with Gasteiger partial charge in [-0.25, -0.2) is 0 Å². The molecule has 2 heterocycles. The van der Waals surface area contributed by atoms with E-state index in [-0.39, 0.29) is 0 Å². The van der Waals surface area contributed by atoms with Crippen molar-refractivity contribution >= 4 is 17.1 Å². The minimum Gasteiger partial charge on any atom is -0.296 e. The Morgan fingerprint density at radius 3 is 2.53 bits per heavy atom. The normalized spacial score (nSPS) is 19.5. The highest BCUT2D eigenvalue weighted by atomic mass is 32.1. The van der Waals surface area contributed by atoms with Crippen molar-refractivity contribution in [1.82, 2.24) is 4.90 Å². The van der Waals surface area contributed by atoms with Crippen molar-refractivity contribution in [2.24, 2.45) is 5.41 Å². The molecule has 0 bridgehead atoms. The highest BCUT2D eigenvalue weighted by molar-refractivity contribution is 7.14. The van der Waals surface area contributed by atoms with Crippen LogP contribution in [0.1, 0.15) is 54.6 Å². The number of hydrogen-bond donors (Lipinski definition) is 0. The first-order chi connectivity index (χ1) is 9.06. The van der Waals surface area contributed by atoms with E-state index in [9.17, 15) is 4.79 Å². The van der Waals surface area contributed by atoms with Gasteiger partial charge in [-0.15, -0.1) is 11.3 Å². The summed E-state index contributed by atoms with van der Waals surface area (Å²) >= 11 is 1.66. The molecule has 0 amide bonds. The largest absolute Gasteiger partial charge is 0.296 e. The quantitative estimate of drug-likeness (QED) is 0.759. The topological polar surface area (TPSA) is 20.3 Å². The minimum absolute atomic E-state index is 0.296. The molecule has 3 heteroatoms. The average molecular weight is 279 g/mol. The minimum atomic E-state index is 0.296. The maximum absolute atomic E-state index is 12.2. The number of nitrogens with zero attached hydrogens (tertiary/aromatic N) is 1. The standard InChI is InChI=1S/C16H25NOS/c1-4-13-6-7-15(19-13)14(18)12-17-10-8-16(3,5-2)9-11-17/h6-7H,4-5,8-12H2,1-3H3. The lowest BCUT2D eigenvalue weighted by molar-refractivity contribution is 0.0816. The molecule has 0 radical (unpaired) electrons. The number of piperidine rings is 1. The van der Waals surface area contributed by atoms with Gasteiger partial charge in [-0.3, -0.25) is 9.69 Å². The van der Waals surface area contributed by atoms with Crippen molar-refractivity contribution in [2.75, 3.05) is 19.6 Å². The van der Waals surface area contributed by atoms with Gasteiger partial charge in [0.15, 0.2) is 5.78 Å². The van der Waals surface area contributed by atoms with Crippen LogP contribution >= 0.6 is 11.3 Å². The predicted octanol–water partition coefficient (Wildman–Crippen LogP) is 4.01. The molecule has 0 saturated carbocycles. The van der Waals surface area contributed by atoms with E-state index in [1.807, 2.05) is 6.07 Å². The Morgan fingerprint density at radius 1 is 1.32 bits per heavy atom. The van der Waals surface area contributed by atoms with Gasteiger partial charge in [0.25, 0.3) is 0 Å². The molecule has 1 aliphatic rings. The van der Waals surface area contributed by atoms with Gasteiger partial charge < -0.3 is 0 Å². The number of carbonyl (C=O) groups excluding carboxylic acids is 1. The maximum Gasteiger partial charge on any atom is 0.186 e. The van der Waals surface area contributed by atoms with Crippen molar-refractivity contribution in [2.45, 2.75) is 46.5 Å². The maximum atomic E-state index is 12.2. The first-order valence-electron chi connectivity index (χ1n) is 7.40. The molecular weight excluding hydrogens is 254 g/mol. The number of ketones is 1. The van der Waals surface area contributed by atoms with E-state index in [0.717, 1.165) is 24.4 Å². The molecule has 2 nitrogen and oxygen atoms in total. The molecule has 1 saturated heterocycles. The smallest absolute Gasteiger partial charge is 0.186 e. The summed E-state index contributed by atoms with van der Waals surface area (Å²) in [6, 6.07) is 4.08. The van der Waals surface area contributed by atoms with Crippen molar-refractivity contribution in [1.29, 1.82) is 0 Å². The van der Waals surface area contributed by atoms with Crippen LogP contribution in [-0.4, -0.2) is 30.3 Å². The van der Waals surface area contributed by atoms with E-state index in [0.29, 0.717) is 17.7 Å². The second-order valence-corrected chi connectivity index (χ2v) is 7.15. The van der Waals surface area contributed by atoms with Gasteiger partial charge in [0.2, 0.25) is 0 Å². The lowest BCUT2D eigenvalue weighted by atomic mass is 9.78. The Kier molecular flexibility index (Phi) is 4.80. The zero-order valence-electron chi connectivity index (χ0n) is 12.4. The molecule has 0 N–H and O–H groups in total. The Balaban J connectivity index is 1.87. The van der Waals surface area contributed by atoms with Gasteiger partial charge in [-0.05, 0) is 49.9 Å². The first kappa shape index (κ1) is 14.7. The van der Waals surface area contributed by atoms with E-state index < -0.39 is 0 Å². The lowest BCUT2D eigenvalue weighted by Gasteiger charge is -2.38. The summed E-state index contributed by atoms with van der Waals surface area (Å²) < 4.78 is 0. The first-order valence-corrected chi connectivity index (χ1v) is 8.22. The molecule has 0 atom stereocenters. The third-order valence-electron chi connectivity index (χ3n) is 4.57. The monoisotopic (exact) mass is 279 g/mol. The molecule has 0 aromatic carbocycles. The molecular formula is C16H25NOS. The summed E-state index contributed by atoms with van der Waals surface area (Å²) in [6.07, 6.45) is 4.72. The highest BCUT2D eigenvalue weighted by Crippen LogP contribution is 2.33. The Morgan fingerprint density at radius 2 is 2.00 bits per heavy atom. The second kappa shape index (κ2) is 6.19. The van der Waals surface area contributed by atoms with Crippen LogP contribution in [0.5, 0.6) is 0 Å². The van der Waals surface area contributed by atoms with Gasteiger partial charge >= 0.3 is 0 Å². The van der Waals surface area contributed by atoms with Crippen LogP contribution in [0, 0.1) is 5.41 Å². The molecule has 1 aliphatic heterocycles. The van der Waals surface area contributed by atoms with E-state index in [4.69, 9.17) is 0 Å². The SMILES string of the molecule is CCc1ccc(C(=O)CN2CCC(C)(CC)CC2)s1. The molecule has 1 fully saturated rings. The van der Waals surface area contributed by atoms with Crippen molar-refractivity contribution in [3.63, 3.8) is 0 Å². The summed E-state index contributed by atoms with van der Waals surface area (Å²) in [4.78, 5) is 16.8. The molecule has 1 aromatic rings. The number of rotatable bonds is 5. The third-order valence-corrected chi connectivity index (χ3v) is 5.84. The van der Waals surface area contributed by atoms with E-state index in [1.165, 1.54) is 24.1 Å². The number of hydrogen-bond acceptors (Lipinski definition) is 3. The summed E-state index contributed by atoms with van der Waals surface area (Å²) in [7, 11) is 0. The Labute approximate surface area is 120 Å². The van der Waals surface area contributed by atoms with E-state index in [2.05, 4.69) is 31.7 Å². The highest BCUT2D eigenvalue weighted by Gasteiger charge is 2.29. The molecule has 106 valence electrons. The Hall–Kier alpha value is -0.670.